The highest BCUT2D eigenvalue weighted by molar-refractivity contribution is 5.81. The first-order valence-corrected chi connectivity index (χ1v) is 7.57. The summed E-state index contributed by atoms with van der Waals surface area (Å²) in [5, 5.41) is 9.47. The van der Waals surface area contributed by atoms with Gasteiger partial charge in [-0.2, -0.15) is 0 Å². The minimum absolute atomic E-state index is 0.0397. The number of hydrogen-bond acceptors (Lipinski definition) is 5. The zero-order chi connectivity index (χ0) is 14.7. The average Bonchev–Trinajstić information content (AvgIpc) is 2.88. The van der Waals surface area contributed by atoms with E-state index in [0.29, 0.717) is 26.2 Å². The molecule has 0 radical (unpaired) electrons. The number of β-amino-alcohol motifs (C(OH)–C–C–N with tert-alkyl or cyclic N) is 1. The van der Waals surface area contributed by atoms with E-state index in [2.05, 4.69) is 11.8 Å². The average molecular weight is 285 g/mol. The molecular weight excluding hydrogens is 258 g/mol. The maximum Gasteiger partial charge on any atom is 0.251 e. The third-order valence-electron chi connectivity index (χ3n) is 4.22. The number of ether oxygens (including phenoxy) is 1. The molecule has 116 valence electrons. The molecule has 2 fully saturated rings. The molecule has 2 unspecified atom stereocenters. The molecule has 4 atom stereocenters. The van der Waals surface area contributed by atoms with Crippen LogP contribution in [0.5, 0.6) is 0 Å². The lowest BCUT2D eigenvalue weighted by Crippen LogP contribution is -2.56. The summed E-state index contributed by atoms with van der Waals surface area (Å²) in [4.78, 5) is 16.6. The molecule has 0 aromatic carbocycles. The van der Waals surface area contributed by atoms with Crippen LogP contribution in [0.4, 0.5) is 0 Å². The minimum atomic E-state index is -0.330. The van der Waals surface area contributed by atoms with Crippen LogP contribution in [0.2, 0.25) is 0 Å². The third-order valence-corrected chi connectivity index (χ3v) is 4.22. The van der Waals surface area contributed by atoms with E-state index in [0.717, 1.165) is 19.4 Å². The van der Waals surface area contributed by atoms with E-state index in [-0.39, 0.29) is 30.3 Å². The van der Waals surface area contributed by atoms with Gasteiger partial charge in [0.1, 0.15) is 6.10 Å². The molecule has 6 heteroatoms. The number of carbonyl (C=O) groups excluding carboxylic acids is 1. The lowest BCUT2D eigenvalue weighted by Gasteiger charge is -2.41. The molecule has 0 aromatic rings. The van der Waals surface area contributed by atoms with Crippen molar-refractivity contribution < 1.29 is 14.6 Å². The molecule has 2 heterocycles. The number of nitrogens with zero attached hydrogens (tertiary/aromatic N) is 2. The highest BCUT2D eigenvalue weighted by Crippen LogP contribution is 2.22. The first-order chi connectivity index (χ1) is 9.51. The summed E-state index contributed by atoms with van der Waals surface area (Å²) in [6.45, 7) is 7.27. The lowest BCUT2D eigenvalue weighted by atomic mass is 10.1. The Balaban J connectivity index is 1.84. The van der Waals surface area contributed by atoms with Gasteiger partial charge < -0.3 is 20.5 Å². The van der Waals surface area contributed by atoms with Gasteiger partial charge in [-0.1, -0.05) is 0 Å². The van der Waals surface area contributed by atoms with Gasteiger partial charge in [-0.25, -0.2) is 0 Å². The van der Waals surface area contributed by atoms with Gasteiger partial charge in [0.15, 0.2) is 0 Å². The van der Waals surface area contributed by atoms with Gasteiger partial charge in [-0.05, 0) is 26.7 Å². The number of amides is 1. The van der Waals surface area contributed by atoms with Gasteiger partial charge in [0, 0.05) is 38.8 Å². The molecule has 0 aliphatic carbocycles. The SMILES string of the molecule is CC(O)CN1CCN(C(=O)[C@@H]2CC[C@H](CN)O2)CC1C. The van der Waals surface area contributed by atoms with E-state index in [4.69, 9.17) is 10.5 Å². The van der Waals surface area contributed by atoms with E-state index in [1.807, 2.05) is 4.90 Å². The monoisotopic (exact) mass is 285 g/mol. The van der Waals surface area contributed by atoms with Crippen molar-refractivity contribution in [3.8, 4) is 0 Å². The molecule has 1 amide bonds. The standard InChI is InChI=1S/C14H27N3O3/c1-10-8-17(6-5-16(10)9-11(2)18)14(19)13-4-3-12(7-15)20-13/h10-13,18H,3-9,15H2,1-2H3/t10?,11?,12-,13+/m1/s1. The number of aliphatic hydroxyl groups excluding tert-OH is 1. The van der Waals surface area contributed by atoms with Gasteiger partial charge in [0.05, 0.1) is 12.2 Å². The smallest absolute Gasteiger partial charge is 0.251 e. The fraction of sp³-hybridized carbons (Fsp3) is 0.929. The van der Waals surface area contributed by atoms with Crippen molar-refractivity contribution in [1.29, 1.82) is 0 Å². The largest absolute Gasteiger partial charge is 0.392 e. The molecule has 0 bridgehead atoms. The van der Waals surface area contributed by atoms with Gasteiger partial charge >= 0.3 is 0 Å². The van der Waals surface area contributed by atoms with E-state index in [1.165, 1.54) is 0 Å². The minimum Gasteiger partial charge on any atom is -0.392 e. The Hall–Kier alpha value is -0.690. The topological polar surface area (TPSA) is 79.0 Å². The fourth-order valence-electron chi connectivity index (χ4n) is 3.07. The fourth-order valence-corrected chi connectivity index (χ4v) is 3.07. The maximum absolute atomic E-state index is 12.4. The second-order valence-corrected chi connectivity index (χ2v) is 6.04. The van der Waals surface area contributed by atoms with Crippen LogP contribution in [0.3, 0.4) is 0 Å². The zero-order valence-electron chi connectivity index (χ0n) is 12.5. The summed E-state index contributed by atoms with van der Waals surface area (Å²) in [5.74, 6) is 0.101. The zero-order valence-corrected chi connectivity index (χ0v) is 12.5. The molecule has 2 rings (SSSR count). The van der Waals surface area contributed by atoms with Crippen LogP contribution in [0.1, 0.15) is 26.7 Å². The first-order valence-electron chi connectivity index (χ1n) is 7.57. The Labute approximate surface area is 120 Å². The van der Waals surface area contributed by atoms with Crippen LogP contribution >= 0.6 is 0 Å². The molecule has 2 saturated heterocycles. The van der Waals surface area contributed by atoms with Crippen LogP contribution in [0.15, 0.2) is 0 Å². The summed E-state index contributed by atoms with van der Waals surface area (Å²) in [6, 6.07) is 0.272. The quantitative estimate of drug-likeness (QED) is 0.721. The van der Waals surface area contributed by atoms with Crippen molar-refractivity contribution in [1.82, 2.24) is 9.80 Å². The molecule has 20 heavy (non-hydrogen) atoms. The van der Waals surface area contributed by atoms with Gasteiger partial charge in [0.2, 0.25) is 0 Å². The van der Waals surface area contributed by atoms with Crippen LogP contribution in [-0.2, 0) is 9.53 Å². The normalized spacial score (nSPS) is 33.4. The van der Waals surface area contributed by atoms with E-state index < -0.39 is 0 Å². The van der Waals surface area contributed by atoms with Crippen LogP contribution < -0.4 is 5.73 Å². The second kappa shape index (κ2) is 6.85. The molecule has 3 N–H and O–H groups in total. The highest BCUT2D eigenvalue weighted by atomic mass is 16.5. The van der Waals surface area contributed by atoms with E-state index in [1.54, 1.807) is 6.92 Å². The van der Waals surface area contributed by atoms with Gasteiger partial charge in [-0.3, -0.25) is 9.69 Å². The van der Waals surface area contributed by atoms with Crippen molar-refractivity contribution in [3.05, 3.63) is 0 Å². The summed E-state index contributed by atoms with van der Waals surface area (Å²) in [7, 11) is 0. The third kappa shape index (κ3) is 3.69. The number of hydrogen-bond donors (Lipinski definition) is 2. The lowest BCUT2D eigenvalue weighted by molar-refractivity contribution is -0.145. The Bertz CT molecular complexity index is 338. The first kappa shape index (κ1) is 15.7. The number of carbonyl (C=O) groups is 1. The number of aliphatic hydroxyl groups is 1. The van der Waals surface area contributed by atoms with Crippen molar-refractivity contribution >= 4 is 5.91 Å². The van der Waals surface area contributed by atoms with Crippen molar-refractivity contribution in [2.24, 2.45) is 5.73 Å². The van der Waals surface area contributed by atoms with Gasteiger partial charge in [0.25, 0.3) is 5.91 Å². The molecule has 0 spiro atoms. The number of nitrogens with two attached hydrogens (primary N) is 1. The highest BCUT2D eigenvalue weighted by Gasteiger charge is 2.35. The van der Waals surface area contributed by atoms with Crippen molar-refractivity contribution in [2.75, 3.05) is 32.7 Å². The van der Waals surface area contributed by atoms with Crippen molar-refractivity contribution in [2.45, 2.75) is 51.0 Å². The molecule has 2 aliphatic heterocycles. The second-order valence-electron chi connectivity index (χ2n) is 6.04. The van der Waals surface area contributed by atoms with E-state index in [9.17, 15) is 9.90 Å². The summed E-state index contributed by atoms with van der Waals surface area (Å²) in [6.07, 6.45) is 1.06. The summed E-state index contributed by atoms with van der Waals surface area (Å²) in [5.41, 5.74) is 5.58. The maximum atomic E-state index is 12.4. The van der Waals surface area contributed by atoms with Crippen LogP contribution in [-0.4, -0.2) is 77.9 Å². The number of rotatable bonds is 4. The Morgan fingerprint density at radius 1 is 1.45 bits per heavy atom. The van der Waals surface area contributed by atoms with Crippen LogP contribution in [0, 0.1) is 0 Å². The van der Waals surface area contributed by atoms with Crippen LogP contribution in [0.25, 0.3) is 0 Å². The Morgan fingerprint density at radius 2 is 2.20 bits per heavy atom. The predicted molar refractivity (Wildman–Crippen MR) is 76.2 cm³/mol. The number of piperazine rings is 1. The van der Waals surface area contributed by atoms with E-state index >= 15 is 0 Å². The Morgan fingerprint density at radius 3 is 2.75 bits per heavy atom. The molecular formula is C14H27N3O3. The van der Waals surface area contributed by atoms with Crippen molar-refractivity contribution in [3.63, 3.8) is 0 Å². The molecule has 2 aliphatic rings. The molecule has 0 aromatic heterocycles. The summed E-state index contributed by atoms with van der Waals surface area (Å²) >= 11 is 0. The van der Waals surface area contributed by atoms with Gasteiger partial charge in [-0.15, -0.1) is 0 Å². The Kier molecular flexibility index (Phi) is 5.37. The summed E-state index contributed by atoms with van der Waals surface area (Å²) < 4.78 is 5.68. The predicted octanol–water partition coefficient (Wildman–Crippen LogP) is -0.594. The molecule has 6 nitrogen and oxygen atoms in total. The molecule has 0 saturated carbocycles.